The molecule has 4 nitrogen and oxygen atoms in total. The van der Waals surface area contributed by atoms with Gasteiger partial charge in [-0.15, -0.1) is 5.76 Å². The van der Waals surface area contributed by atoms with Crippen LogP contribution in [-0.2, 0) is 25.7 Å². The van der Waals surface area contributed by atoms with Crippen LogP contribution in [0.1, 0.15) is 53.5 Å². The van der Waals surface area contributed by atoms with Crippen LogP contribution >= 0.6 is 0 Å². The molecule has 4 heteroatoms. The van der Waals surface area contributed by atoms with E-state index in [2.05, 4.69) is 33.7 Å². The fourth-order valence-corrected chi connectivity index (χ4v) is 6.93. The monoisotopic (exact) mass is 425 g/mol. The minimum Gasteiger partial charge on any atom is -0.872 e. The Balaban J connectivity index is 1.38. The zero-order valence-corrected chi connectivity index (χ0v) is 18.6. The third kappa shape index (κ3) is 2.62. The number of hydrogen-bond acceptors (Lipinski definition) is 3. The summed E-state index contributed by atoms with van der Waals surface area (Å²) < 4.78 is 2.50. The van der Waals surface area contributed by atoms with Gasteiger partial charge in [-0.2, -0.15) is 0 Å². The van der Waals surface area contributed by atoms with Gasteiger partial charge in [-0.25, -0.2) is 4.58 Å². The lowest BCUT2D eigenvalue weighted by atomic mass is 9.78. The average Bonchev–Trinajstić information content (AvgIpc) is 2.80. The molecule has 0 spiro atoms. The minimum atomic E-state index is -1.02. The van der Waals surface area contributed by atoms with E-state index in [-0.39, 0.29) is 5.76 Å². The maximum atomic E-state index is 13.4. The van der Waals surface area contributed by atoms with Gasteiger partial charge >= 0.3 is 0 Å². The molecule has 7 rings (SSSR count). The van der Waals surface area contributed by atoms with Crippen molar-refractivity contribution in [2.45, 2.75) is 57.5 Å². The standard InChI is InChI=1S/C28H30N2O2/c31-27-23(21-13-17-5-1-9-29-10-2-6-18(14-21)25(17)29)28(32)24(27)22-15-19-7-3-11-30-12-4-8-20(16-22)26(19)30/h13-16,27,32H,1-12H2/p-1. The molecule has 0 fully saturated rings. The molecule has 4 heterocycles. The van der Waals surface area contributed by atoms with Crippen molar-refractivity contribution in [1.82, 2.24) is 4.58 Å². The molecule has 1 unspecified atom stereocenters. The third-order valence-electron chi connectivity index (χ3n) is 8.30. The van der Waals surface area contributed by atoms with Crippen LogP contribution in [0, 0.1) is 0 Å². The summed E-state index contributed by atoms with van der Waals surface area (Å²) in [5, 5.41) is 29.1. The molecular weight excluding hydrogens is 396 g/mol. The van der Waals surface area contributed by atoms with Crippen molar-refractivity contribution in [3.8, 4) is 0 Å². The van der Waals surface area contributed by atoms with Gasteiger partial charge in [0.25, 0.3) is 0 Å². The van der Waals surface area contributed by atoms with Crippen molar-refractivity contribution in [3.63, 3.8) is 0 Å². The average molecular weight is 426 g/mol. The van der Waals surface area contributed by atoms with Gasteiger partial charge < -0.3 is 15.1 Å². The lowest BCUT2D eigenvalue weighted by Crippen LogP contribution is -2.47. The highest BCUT2D eigenvalue weighted by atomic mass is 16.3. The molecule has 4 aliphatic heterocycles. The summed E-state index contributed by atoms with van der Waals surface area (Å²) in [6.45, 7) is 4.54. The Morgan fingerprint density at radius 2 is 1.34 bits per heavy atom. The first-order valence-electron chi connectivity index (χ1n) is 12.5. The zero-order chi connectivity index (χ0) is 21.4. The van der Waals surface area contributed by atoms with Gasteiger partial charge in [-0.1, -0.05) is 17.3 Å². The van der Waals surface area contributed by atoms with E-state index < -0.39 is 6.10 Å². The second-order valence-corrected chi connectivity index (χ2v) is 10.2. The normalized spacial score (nSPS) is 23.7. The fraction of sp³-hybridized carbons (Fsp3) is 0.464. The molecule has 2 aromatic rings. The molecule has 5 aliphatic rings. The molecule has 0 radical (unpaired) electrons. The Kier molecular flexibility index (Phi) is 4.11. The third-order valence-corrected chi connectivity index (χ3v) is 8.30. The first-order valence-corrected chi connectivity index (χ1v) is 12.5. The number of benzene rings is 2. The van der Waals surface area contributed by atoms with Gasteiger partial charge in [0, 0.05) is 42.7 Å². The summed E-state index contributed by atoms with van der Waals surface area (Å²) in [6, 6.07) is 8.61. The number of nitrogens with zero attached hydrogens (tertiary/aromatic N) is 2. The second-order valence-electron chi connectivity index (χ2n) is 10.2. The number of aryl methyl sites for hydroxylation is 4. The van der Waals surface area contributed by atoms with Crippen molar-refractivity contribution in [2.75, 3.05) is 31.1 Å². The van der Waals surface area contributed by atoms with Crippen LogP contribution in [0.5, 0.6) is 0 Å². The van der Waals surface area contributed by atoms with Crippen LogP contribution in [-0.4, -0.2) is 32.3 Å². The molecule has 0 saturated heterocycles. The largest absolute Gasteiger partial charge is 0.872 e. The van der Waals surface area contributed by atoms with E-state index >= 15 is 0 Å². The molecule has 164 valence electrons. The molecular formula is C28H29N2O2-. The Bertz CT molecular complexity index is 1250. The van der Waals surface area contributed by atoms with Gasteiger partial charge in [-0.3, -0.25) is 0 Å². The first kappa shape index (κ1) is 18.9. The van der Waals surface area contributed by atoms with Gasteiger partial charge in [0.1, 0.15) is 13.1 Å². The molecule has 1 aliphatic carbocycles. The number of hydrogen-bond donors (Lipinski definition) is 0. The SMILES string of the molecule is [O-]C1=C(c2cc3c4c(c2)CCCN4CCC3)C([O-])C1=c1cc2c3c(c1)CCC[N+]=3CCC2. The lowest BCUT2D eigenvalue weighted by molar-refractivity contribution is -0.393. The van der Waals surface area contributed by atoms with E-state index in [4.69, 9.17) is 0 Å². The predicted octanol–water partition coefficient (Wildman–Crippen LogP) is 0.434. The molecule has 2 aromatic carbocycles. The maximum absolute atomic E-state index is 13.4. The second kappa shape index (κ2) is 6.95. The van der Waals surface area contributed by atoms with Gasteiger partial charge in [0.05, 0.1) is 0 Å². The Morgan fingerprint density at radius 1 is 0.750 bits per heavy atom. The van der Waals surface area contributed by atoms with E-state index in [1.165, 1.54) is 33.3 Å². The van der Waals surface area contributed by atoms with Crippen molar-refractivity contribution < 1.29 is 10.2 Å². The van der Waals surface area contributed by atoms with Crippen LogP contribution in [0.4, 0.5) is 5.69 Å². The lowest BCUT2D eigenvalue weighted by Gasteiger charge is -2.47. The van der Waals surface area contributed by atoms with Crippen molar-refractivity contribution in [3.05, 3.63) is 68.4 Å². The van der Waals surface area contributed by atoms with Crippen LogP contribution in [0.25, 0.3) is 11.1 Å². The van der Waals surface area contributed by atoms with E-state index in [1.54, 1.807) is 0 Å². The highest BCUT2D eigenvalue weighted by molar-refractivity contribution is 5.98. The molecule has 0 bridgehead atoms. The summed E-state index contributed by atoms with van der Waals surface area (Å²) in [5.74, 6) is -0.0174. The maximum Gasteiger partial charge on any atom is 0.206 e. The van der Waals surface area contributed by atoms with Gasteiger partial charge in [-0.05, 0) is 84.7 Å². The molecule has 1 atom stereocenters. The topological polar surface area (TPSA) is 52.4 Å². The molecule has 0 amide bonds. The highest BCUT2D eigenvalue weighted by Gasteiger charge is 2.29. The van der Waals surface area contributed by atoms with Crippen LogP contribution in [0.15, 0.2) is 30.0 Å². The van der Waals surface area contributed by atoms with Crippen LogP contribution < -0.4 is 30.3 Å². The molecule has 0 aromatic heterocycles. The zero-order valence-electron chi connectivity index (χ0n) is 18.6. The van der Waals surface area contributed by atoms with Crippen LogP contribution in [0.2, 0.25) is 0 Å². The summed E-state index contributed by atoms with van der Waals surface area (Å²) in [5.41, 5.74) is 8.62. The van der Waals surface area contributed by atoms with Crippen LogP contribution in [0.3, 0.4) is 0 Å². The summed E-state index contributed by atoms with van der Waals surface area (Å²) in [6.07, 6.45) is 7.83. The number of anilines is 1. The molecule has 32 heavy (non-hydrogen) atoms. The Hall–Kier alpha value is -2.59. The molecule has 0 saturated carbocycles. The smallest absolute Gasteiger partial charge is 0.206 e. The minimum absolute atomic E-state index is 0.0174. The summed E-state index contributed by atoms with van der Waals surface area (Å²) in [7, 11) is 0. The van der Waals surface area contributed by atoms with Crippen molar-refractivity contribution >= 4 is 16.8 Å². The fourth-order valence-electron chi connectivity index (χ4n) is 6.93. The Labute approximate surface area is 188 Å². The van der Waals surface area contributed by atoms with E-state index in [9.17, 15) is 10.2 Å². The van der Waals surface area contributed by atoms with E-state index in [0.717, 1.165) is 88.3 Å². The van der Waals surface area contributed by atoms with Gasteiger partial charge in [0.2, 0.25) is 5.36 Å². The predicted molar refractivity (Wildman–Crippen MR) is 123 cm³/mol. The number of rotatable bonds is 1. The van der Waals surface area contributed by atoms with Crippen molar-refractivity contribution in [1.29, 1.82) is 0 Å². The van der Waals surface area contributed by atoms with Gasteiger partial charge in [0.15, 0.2) is 0 Å². The van der Waals surface area contributed by atoms with E-state index in [1.807, 2.05) is 0 Å². The van der Waals surface area contributed by atoms with Crippen molar-refractivity contribution in [2.24, 2.45) is 0 Å². The summed E-state index contributed by atoms with van der Waals surface area (Å²) >= 11 is 0. The quantitative estimate of drug-likeness (QED) is 0.623. The molecule has 0 N–H and O–H groups in total. The highest BCUT2D eigenvalue weighted by Crippen LogP contribution is 2.42. The Morgan fingerprint density at radius 3 is 1.94 bits per heavy atom. The first-order chi connectivity index (χ1) is 15.7. The van der Waals surface area contributed by atoms with E-state index in [0.29, 0.717) is 11.1 Å². The summed E-state index contributed by atoms with van der Waals surface area (Å²) in [4.78, 5) is 2.50.